The molecule has 0 spiro atoms. The van der Waals surface area contributed by atoms with Crippen LogP contribution in [0.4, 0.5) is 0 Å². The monoisotopic (exact) mass is 312 g/mol. The van der Waals surface area contributed by atoms with Crippen LogP contribution < -0.4 is 10.0 Å². The number of furan rings is 1. The fraction of sp³-hybridized carbons (Fsp3) is 0.462. The van der Waals surface area contributed by atoms with Gasteiger partial charge in [-0.05, 0) is 20.4 Å². The van der Waals surface area contributed by atoms with E-state index in [1.807, 2.05) is 13.8 Å². The van der Waals surface area contributed by atoms with Gasteiger partial charge in [0.25, 0.3) is 0 Å². The number of aromatic amines is 1. The average molecular weight is 312 g/mol. The lowest BCUT2D eigenvalue weighted by Crippen LogP contribution is -2.23. The zero-order valence-electron chi connectivity index (χ0n) is 12.4. The molecule has 2 aromatic heterocycles. The lowest BCUT2D eigenvalue weighted by Gasteiger charge is -2.04. The van der Waals surface area contributed by atoms with Gasteiger partial charge in [-0.3, -0.25) is 5.10 Å². The van der Waals surface area contributed by atoms with Crippen molar-refractivity contribution in [3.8, 4) is 0 Å². The molecule has 7 nitrogen and oxygen atoms in total. The summed E-state index contributed by atoms with van der Waals surface area (Å²) in [5.41, 5.74) is 1.65. The smallest absolute Gasteiger partial charge is 0.244 e. The third kappa shape index (κ3) is 3.72. The second-order valence-corrected chi connectivity index (χ2v) is 6.49. The van der Waals surface area contributed by atoms with Crippen LogP contribution >= 0.6 is 0 Å². The van der Waals surface area contributed by atoms with Crippen LogP contribution in [0.25, 0.3) is 0 Å². The highest BCUT2D eigenvalue weighted by Crippen LogP contribution is 2.20. The van der Waals surface area contributed by atoms with Gasteiger partial charge in [0.15, 0.2) is 0 Å². The third-order valence-corrected chi connectivity index (χ3v) is 4.66. The van der Waals surface area contributed by atoms with Crippen molar-refractivity contribution in [2.24, 2.45) is 0 Å². The Bertz CT molecular complexity index is 703. The molecule has 0 bridgehead atoms. The Labute approximate surface area is 124 Å². The Morgan fingerprint density at radius 1 is 1.33 bits per heavy atom. The molecule has 0 fully saturated rings. The summed E-state index contributed by atoms with van der Waals surface area (Å²) in [5, 5.41) is 9.73. The molecule has 0 saturated carbocycles. The fourth-order valence-corrected chi connectivity index (χ4v) is 3.14. The summed E-state index contributed by atoms with van der Waals surface area (Å²) in [4.78, 5) is 0.177. The Kier molecular flexibility index (Phi) is 4.81. The zero-order valence-corrected chi connectivity index (χ0v) is 13.2. The standard InChI is InChI=1S/C13H20N4O3S/c1-4-14-8-12-5-13(10(3)20-12)21(18,19)16-7-11-6-15-17-9(11)2/h5-6,14,16H,4,7-8H2,1-3H3,(H,15,17). The molecule has 0 radical (unpaired) electrons. The van der Waals surface area contributed by atoms with Crippen molar-refractivity contribution >= 4 is 10.0 Å². The number of hydrogen-bond donors (Lipinski definition) is 3. The second kappa shape index (κ2) is 6.42. The summed E-state index contributed by atoms with van der Waals surface area (Å²) < 4.78 is 32.7. The molecule has 0 aliphatic rings. The first-order chi connectivity index (χ1) is 9.94. The van der Waals surface area contributed by atoms with Gasteiger partial charge in [0, 0.05) is 23.9 Å². The van der Waals surface area contributed by atoms with Crippen molar-refractivity contribution in [1.29, 1.82) is 0 Å². The lowest BCUT2D eigenvalue weighted by atomic mass is 10.3. The van der Waals surface area contributed by atoms with Crippen LogP contribution in [0, 0.1) is 13.8 Å². The van der Waals surface area contributed by atoms with Crippen molar-refractivity contribution in [3.05, 3.63) is 35.0 Å². The van der Waals surface area contributed by atoms with Gasteiger partial charge in [-0.25, -0.2) is 13.1 Å². The maximum absolute atomic E-state index is 12.3. The Morgan fingerprint density at radius 3 is 2.71 bits per heavy atom. The van der Waals surface area contributed by atoms with Crippen molar-refractivity contribution in [1.82, 2.24) is 20.2 Å². The van der Waals surface area contributed by atoms with E-state index in [4.69, 9.17) is 4.42 Å². The quantitative estimate of drug-likeness (QED) is 0.713. The van der Waals surface area contributed by atoms with E-state index in [1.54, 1.807) is 19.2 Å². The molecular formula is C13H20N4O3S. The Morgan fingerprint density at radius 2 is 2.10 bits per heavy atom. The minimum atomic E-state index is -3.60. The fourth-order valence-electron chi connectivity index (χ4n) is 1.93. The summed E-state index contributed by atoms with van der Waals surface area (Å²) in [7, 11) is -3.60. The van der Waals surface area contributed by atoms with Crippen molar-refractivity contribution in [2.45, 2.75) is 38.8 Å². The van der Waals surface area contributed by atoms with Gasteiger partial charge in [-0.15, -0.1) is 0 Å². The number of rotatable bonds is 7. The van der Waals surface area contributed by atoms with E-state index in [9.17, 15) is 8.42 Å². The summed E-state index contributed by atoms with van der Waals surface area (Å²) in [5.74, 6) is 0.994. The molecular weight excluding hydrogens is 292 g/mol. The van der Waals surface area contributed by atoms with Gasteiger partial charge in [0.2, 0.25) is 10.0 Å². The van der Waals surface area contributed by atoms with E-state index < -0.39 is 10.0 Å². The largest absolute Gasteiger partial charge is 0.464 e. The van der Waals surface area contributed by atoms with Crippen molar-refractivity contribution in [2.75, 3.05) is 6.54 Å². The summed E-state index contributed by atoms with van der Waals surface area (Å²) in [6, 6.07) is 1.56. The molecule has 0 aromatic carbocycles. The van der Waals surface area contributed by atoms with Crippen LogP contribution in [0.1, 0.15) is 29.7 Å². The molecule has 0 aliphatic heterocycles. The number of H-pyrrole nitrogens is 1. The highest BCUT2D eigenvalue weighted by atomic mass is 32.2. The van der Waals surface area contributed by atoms with E-state index >= 15 is 0 Å². The number of aromatic nitrogens is 2. The minimum Gasteiger partial charge on any atom is -0.464 e. The molecule has 0 unspecified atom stereocenters. The topological polar surface area (TPSA) is 100 Å². The van der Waals surface area contributed by atoms with Gasteiger partial charge < -0.3 is 9.73 Å². The molecule has 0 amide bonds. The molecule has 0 aliphatic carbocycles. The minimum absolute atomic E-state index is 0.177. The maximum atomic E-state index is 12.3. The van der Waals surface area contributed by atoms with Crippen molar-refractivity contribution in [3.63, 3.8) is 0 Å². The van der Waals surface area contributed by atoms with Crippen LogP contribution in [0.2, 0.25) is 0 Å². The Balaban J connectivity index is 2.12. The highest BCUT2D eigenvalue weighted by Gasteiger charge is 2.21. The zero-order chi connectivity index (χ0) is 15.5. The predicted molar refractivity (Wildman–Crippen MR) is 78.2 cm³/mol. The van der Waals surface area contributed by atoms with Crippen LogP contribution in [-0.4, -0.2) is 25.2 Å². The van der Waals surface area contributed by atoms with E-state index in [0.717, 1.165) is 17.8 Å². The van der Waals surface area contributed by atoms with Crippen LogP contribution in [-0.2, 0) is 23.1 Å². The SMILES string of the molecule is CCNCc1cc(S(=O)(=O)NCc2cn[nH]c2C)c(C)o1. The second-order valence-electron chi connectivity index (χ2n) is 4.76. The third-order valence-electron chi connectivity index (χ3n) is 3.15. The molecule has 2 aromatic rings. The van der Waals surface area contributed by atoms with Crippen molar-refractivity contribution < 1.29 is 12.8 Å². The molecule has 116 valence electrons. The van der Waals surface area contributed by atoms with E-state index in [1.165, 1.54) is 0 Å². The van der Waals surface area contributed by atoms with E-state index in [-0.39, 0.29) is 11.4 Å². The molecule has 8 heteroatoms. The summed E-state index contributed by atoms with van der Waals surface area (Å²) in [6.45, 7) is 6.95. The first-order valence-corrected chi connectivity index (χ1v) is 8.21. The van der Waals surface area contributed by atoms with Crippen LogP contribution in [0.5, 0.6) is 0 Å². The van der Waals surface area contributed by atoms with Gasteiger partial charge in [0.05, 0.1) is 12.7 Å². The molecule has 2 heterocycles. The van der Waals surface area contributed by atoms with Crippen LogP contribution in [0.3, 0.4) is 0 Å². The lowest BCUT2D eigenvalue weighted by molar-refractivity contribution is 0.460. The molecule has 3 N–H and O–H groups in total. The average Bonchev–Trinajstić information content (AvgIpc) is 3.00. The van der Waals surface area contributed by atoms with Crippen LogP contribution in [0.15, 0.2) is 21.6 Å². The van der Waals surface area contributed by atoms with E-state index in [2.05, 4.69) is 20.2 Å². The molecule has 21 heavy (non-hydrogen) atoms. The highest BCUT2D eigenvalue weighted by molar-refractivity contribution is 7.89. The number of sulfonamides is 1. The number of nitrogens with zero attached hydrogens (tertiary/aromatic N) is 1. The van der Waals surface area contributed by atoms with Gasteiger partial charge in [0.1, 0.15) is 16.4 Å². The summed E-state index contributed by atoms with van der Waals surface area (Å²) in [6.07, 6.45) is 1.61. The van der Waals surface area contributed by atoms with Gasteiger partial charge in [-0.1, -0.05) is 6.92 Å². The molecule has 2 rings (SSSR count). The molecule has 0 saturated heterocycles. The number of nitrogens with one attached hydrogen (secondary N) is 3. The normalized spacial score (nSPS) is 12.0. The first-order valence-electron chi connectivity index (χ1n) is 6.72. The first kappa shape index (κ1) is 15.7. The maximum Gasteiger partial charge on any atom is 0.244 e. The van der Waals surface area contributed by atoms with Gasteiger partial charge in [-0.2, -0.15) is 5.10 Å². The summed E-state index contributed by atoms with van der Waals surface area (Å²) >= 11 is 0. The molecule has 0 atom stereocenters. The van der Waals surface area contributed by atoms with E-state index in [0.29, 0.717) is 18.1 Å². The predicted octanol–water partition coefficient (Wildman–Crippen LogP) is 1.21. The van der Waals surface area contributed by atoms with Gasteiger partial charge >= 0.3 is 0 Å². The number of hydrogen-bond acceptors (Lipinski definition) is 5. The Hall–Kier alpha value is -1.64. The number of aryl methyl sites for hydroxylation is 2.